The molecule has 0 bridgehead atoms. The van der Waals surface area contributed by atoms with Crippen molar-refractivity contribution < 1.29 is 4.74 Å². The number of rotatable bonds is 3. The van der Waals surface area contributed by atoms with E-state index < -0.39 is 0 Å². The molecule has 2 rings (SSSR count). The maximum absolute atomic E-state index is 5.36. The summed E-state index contributed by atoms with van der Waals surface area (Å²) in [6, 6.07) is 10.1. The number of aryl methyl sites for hydroxylation is 1. The Hall–Kier alpha value is -1.83. The Bertz CT molecular complexity index is 491. The molecule has 15 heavy (non-hydrogen) atoms. The summed E-state index contributed by atoms with van der Waals surface area (Å²) < 4.78 is 5.36. The molecule has 76 valence electrons. The zero-order chi connectivity index (χ0) is 10.7. The molecule has 2 nitrogen and oxygen atoms in total. The van der Waals surface area contributed by atoms with Crippen molar-refractivity contribution in [3.8, 4) is 5.88 Å². The lowest BCUT2D eigenvalue weighted by molar-refractivity contribution is 0.350. The standard InChI is InChI=1S/C13H13NO/c1-3-8-15-13-7-5-11-9-10(2)4-6-12(11)14-13/h3-7,9H,1,8H2,2H3. The van der Waals surface area contributed by atoms with Crippen LogP contribution >= 0.6 is 0 Å². The van der Waals surface area contributed by atoms with Crippen molar-refractivity contribution in [3.63, 3.8) is 0 Å². The first kappa shape index (κ1) is 9.71. The predicted molar refractivity (Wildman–Crippen MR) is 62.2 cm³/mol. The lowest BCUT2D eigenvalue weighted by atomic mass is 10.1. The normalized spacial score (nSPS) is 10.2. The Kier molecular flexibility index (Phi) is 2.68. The molecule has 1 aromatic carbocycles. The van der Waals surface area contributed by atoms with E-state index in [1.54, 1.807) is 6.08 Å². The molecule has 0 aliphatic heterocycles. The monoisotopic (exact) mass is 199 g/mol. The van der Waals surface area contributed by atoms with Crippen LogP contribution < -0.4 is 4.74 Å². The summed E-state index contributed by atoms with van der Waals surface area (Å²) in [5, 5.41) is 1.14. The van der Waals surface area contributed by atoms with Crippen LogP contribution in [-0.2, 0) is 0 Å². The molecule has 0 saturated heterocycles. The largest absolute Gasteiger partial charge is 0.473 e. The van der Waals surface area contributed by atoms with Gasteiger partial charge in [0.25, 0.3) is 0 Å². The molecule has 1 heterocycles. The molecule has 1 aromatic heterocycles. The first-order valence-corrected chi connectivity index (χ1v) is 4.91. The van der Waals surface area contributed by atoms with Gasteiger partial charge >= 0.3 is 0 Å². The molecule has 0 amide bonds. The van der Waals surface area contributed by atoms with E-state index in [1.807, 2.05) is 24.3 Å². The minimum absolute atomic E-state index is 0.490. The summed E-state index contributed by atoms with van der Waals surface area (Å²) in [6.07, 6.45) is 1.71. The van der Waals surface area contributed by atoms with E-state index in [-0.39, 0.29) is 0 Å². The predicted octanol–water partition coefficient (Wildman–Crippen LogP) is 3.11. The highest BCUT2D eigenvalue weighted by Gasteiger charge is 1.98. The van der Waals surface area contributed by atoms with Crippen molar-refractivity contribution in [2.24, 2.45) is 0 Å². The third-order valence-electron chi connectivity index (χ3n) is 2.17. The molecule has 0 aliphatic carbocycles. The SMILES string of the molecule is C=CCOc1ccc2cc(C)ccc2n1. The maximum Gasteiger partial charge on any atom is 0.214 e. The van der Waals surface area contributed by atoms with E-state index in [0.29, 0.717) is 12.5 Å². The number of pyridine rings is 1. The Balaban J connectivity index is 2.38. The van der Waals surface area contributed by atoms with Gasteiger partial charge in [0.15, 0.2) is 0 Å². The Morgan fingerprint density at radius 3 is 3.00 bits per heavy atom. The third-order valence-corrected chi connectivity index (χ3v) is 2.17. The van der Waals surface area contributed by atoms with Crippen LogP contribution in [0.15, 0.2) is 43.0 Å². The van der Waals surface area contributed by atoms with Gasteiger partial charge in [0, 0.05) is 11.5 Å². The van der Waals surface area contributed by atoms with Gasteiger partial charge in [0.2, 0.25) is 5.88 Å². The summed E-state index contributed by atoms with van der Waals surface area (Å²) in [4.78, 5) is 4.38. The van der Waals surface area contributed by atoms with Crippen LogP contribution in [0.25, 0.3) is 10.9 Å². The molecule has 0 atom stereocenters. The van der Waals surface area contributed by atoms with E-state index in [9.17, 15) is 0 Å². The second-order valence-corrected chi connectivity index (χ2v) is 3.45. The van der Waals surface area contributed by atoms with Crippen LogP contribution in [-0.4, -0.2) is 11.6 Å². The van der Waals surface area contributed by atoms with E-state index in [4.69, 9.17) is 4.74 Å². The van der Waals surface area contributed by atoms with Crippen LogP contribution in [0.5, 0.6) is 5.88 Å². The second-order valence-electron chi connectivity index (χ2n) is 3.45. The molecule has 2 heteroatoms. The molecular weight excluding hydrogens is 186 g/mol. The van der Waals surface area contributed by atoms with E-state index in [0.717, 1.165) is 10.9 Å². The third kappa shape index (κ3) is 2.15. The van der Waals surface area contributed by atoms with E-state index >= 15 is 0 Å². The summed E-state index contributed by atoms with van der Waals surface area (Å²) in [7, 11) is 0. The number of hydrogen-bond acceptors (Lipinski definition) is 2. The lowest BCUT2D eigenvalue weighted by Crippen LogP contribution is -1.95. The van der Waals surface area contributed by atoms with Gasteiger partial charge in [-0.3, -0.25) is 0 Å². The molecule has 0 aliphatic rings. The quantitative estimate of drug-likeness (QED) is 0.708. The fourth-order valence-electron chi connectivity index (χ4n) is 1.45. The Morgan fingerprint density at radius 1 is 1.33 bits per heavy atom. The van der Waals surface area contributed by atoms with Gasteiger partial charge in [-0.25, -0.2) is 4.98 Å². The van der Waals surface area contributed by atoms with Crippen LogP contribution in [0, 0.1) is 6.92 Å². The number of aromatic nitrogens is 1. The summed E-state index contributed by atoms with van der Waals surface area (Å²) >= 11 is 0. The second kappa shape index (κ2) is 4.13. The fraction of sp³-hybridized carbons (Fsp3) is 0.154. The molecule has 0 radical (unpaired) electrons. The zero-order valence-corrected chi connectivity index (χ0v) is 8.73. The molecule has 0 fully saturated rings. The molecule has 0 N–H and O–H groups in total. The van der Waals surface area contributed by atoms with E-state index in [2.05, 4.69) is 24.6 Å². The highest BCUT2D eigenvalue weighted by Crippen LogP contribution is 2.17. The fourth-order valence-corrected chi connectivity index (χ4v) is 1.45. The van der Waals surface area contributed by atoms with Crippen molar-refractivity contribution in [2.75, 3.05) is 6.61 Å². The number of nitrogens with zero attached hydrogens (tertiary/aromatic N) is 1. The number of fused-ring (bicyclic) bond motifs is 1. The van der Waals surface area contributed by atoms with Crippen LogP contribution in [0.2, 0.25) is 0 Å². The van der Waals surface area contributed by atoms with Gasteiger partial charge in [-0.15, -0.1) is 0 Å². The first-order chi connectivity index (χ1) is 7.29. The lowest BCUT2D eigenvalue weighted by Gasteiger charge is -2.04. The first-order valence-electron chi connectivity index (χ1n) is 4.91. The molecule has 0 unspecified atom stereocenters. The van der Waals surface area contributed by atoms with Crippen molar-refractivity contribution >= 4 is 10.9 Å². The topological polar surface area (TPSA) is 22.1 Å². The minimum Gasteiger partial charge on any atom is -0.473 e. The molecule has 2 aromatic rings. The zero-order valence-electron chi connectivity index (χ0n) is 8.73. The summed E-state index contributed by atoms with van der Waals surface area (Å²) in [6.45, 7) is 6.16. The van der Waals surface area contributed by atoms with Crippen molar-refractivity contribution in [2.45, 2.75) is 6.92 Å². The number of benzene rings is 1. The minimum atomic E-state index is 0.490. The van der Waals surface area contributed by atoms with Crippen LogP contribution in [0.3, 0.4) is 0 Å². The Labute approximate surface area is 89.2 Å². The van der Waals surface area contributed by atoms with E-state index in [1.165, 1.54) is 5.56 Å². The average molecular weight is 199 g/mol. The maximum atomic E-state index is 5.36. The van der Waals surface area contributed by atoms with Crippen molar-refractivity contribution in [1.29, 1.82) is 0 Å². The van der Waals surface area contributed by atoms with Gasteiger partial charge in [0.1, 0.15) is 6.61 Å². The van der Waals surface area contributed by atoms with Crippen LogP contribution in [0.4, 0.5) is 0 Å². The average Bonchev–Trinajstić information content (AvgIpc) is 2.26. The van der Waals surface area contributed by atoms with Gasteiger partial charge in [0.05, 0.1) is 5.52 Å². The van der Waals surface area contributed by atoms with Crippen molar-refractivity contribution in [1.82, 2.24) is 4.98 Å². The van der Waals surface area contributed by atoms with Crippen molar-refractivity contribution in [3.05, 3.63) is 48.6 Å². The highest BCUT2D eigenvalue weighted by molar-refractivity contribution is 5.79. The van der Waals surface area contributed by atoms with Gasteiger partial charge in [-0.1, -0.05) is 24.3 Å². The summed E-state index contributed by atoms with van der Waals surface area (Å²) in [5.41, 5.74) is 2.20. The van der Waals surface area contributed by atoms with Gasteiger partial charge in [-0.2, -0.15) is 0 Å². The number of ether oxygens (including phenoxy) is 1. The van der Waals surface area contributed by atoms with Gasteiger partial charge < -0.3 is 4.74 Å². The summed E-state index contributed by atoms with van der Waals surface area (Å²) in [5.74, 6) is 0.645. The molecule has 0 saturated carbocycles. The molecular formula is C13H13NO. The smallest absolute Gasteiger partial charge is 0.214 e. The number of hydrogen-bond donors (Lipinski definition) is 0. The van der Waals surface area contributed by atoms with Gasteiger partial charge in [-0.05, 0) is 25.1 Å². The van der Waals surface area contributed by atoms with Crippen LogP contribution in [0.1, 0.15) is 5.56 Å². The highest BCUT2D eigenvalue weighted by atomic mass is 16.5. The Morgan fingerprint density at radius 2 is 2.20 bits per heavy atom. The molecule has 0 spiro atoms.